The number of ether oxygens (including phenoxy) is 1. The molecule has 0 aromatic carbocycles. The zero-order chi connectivity index (χ0) is 11.6. The summed E-state index contributed by atoms with van der Waals surface area (Å²) in [5, 5.41) is -1.14. The molecule has 1 aromatic rings. The molecule has 1 heterocycles. The molecule has 0 atom stereocenters. The van der Waals surface area contributed by atoms with Crippen molar-refractivity contribution in [2.75, 3.05) is 7.11 Å². The van der Waals surface area contributed by atoms with Crippen molar-refractivity contribution in [2.45, 2.75) is 6.43 Å². The van der Waals surface area contributed by atoms with E-state index >= 15 is 0 Å². The van der Waals surface area contributed by atoms with E-state index in [1.165, 1.54) is 0 Å². The molecular formula is C8H6ClF2NO3. The van der Waals surface area contributed by atoms with Crippen LogP contribution in [0.2, 0.25) is 0 Å². The Kier molecular flexibility index (Phi) is 3.41. The molecule has 0 aliphatic rings. The number of pyridine rings is 1. The average Bonchev–Trinajstić information content (AvgIpc) is 2.15. The zero-order valence-electron chi connectivity index (χ0n) is 7.51. The molecule has 82 valence electrons. The van der Waals surface area contributed by atoms with E-state index in [1.807, 2.05) is 4.98 Å². The summed E-state index contributed by atoms with van der Waals surface area (Å²) in [6, 6.07) is 0. The van der Waals surface area contributed by atoms with E-state index in [1.54, 1.807) is 0 Å². The fourth-order valence-corrected chi connectivity index (χ4v) is 1.26. The largest absolute Gasteiger partial charge is 0.495 e. The van der Waals surface area contributed by atoms with Gasteiger partial charge in [-0.3, -0.25) is 9.59 Å². The quantitative estimate of drug-likeness (QED) is 0.814. The summed E-state index contributed by atoms with van der Waals surface area (Å²) >= 11 is 5.09. The maximum atomic E-state index is 12.4. The third kappa shape index (κ3) is 2.15. The van der Waals surface area contributed by atoms with Crippen LogP contribution in [-0.2, 0) is 0 Å². The van der Waals surface area contributed by atoms with Gasteiger partial charge >= 0.3 is 0 Å². The number of carbonyl (C=O) groups excluding carboxylic acids is 1. The summed E-state index contributed by atoms with van der Waals surface area (Å²) in [4.78, 5) is 24.0. The molecule has 1 rings (SSSR count). The summed E-state index contributed by atoms with van der Waals surface area (Å²) in [5.41, 5.74) is -2.06. The summed E-state index contributed by atoms with van der Waals surface area (Å²) in [7, 11) is 1.07. The minimum Gasteiger partial charge on any atom is -0.495 e. The van der Waals surface area contributed by atoms with E-state index in [-0.39, 0.29) is 0 Å². The number of alkyl halides is 2. The zero-order valence-corrected chi connectivity index (χ0v) is 8.27. The van der Waals surface area contributed by atoms with Crippen LogP contribution in [0.1, 0.15) is 22.3 Å². The van der Waals surface area contributed by atoms with Gasteiger partial charge in [0.1, 0.15) is 11.3 Å². The summed E-state index contributed by atoms with van der Waals surface area (Å²) in [6.45, 7) is 0. The smallest absolute Gasteiger partial charge is 0.268 e. The van der Waals surface area contributed by atoms with Gasteiger partial charge in [0.15, 0.2) is 0 Å². The molecule has 0 spiro atoms. The lowest BCUT2D eigenvalue weighted by Gasteiger charge is -2.09. The molecule has 0 fully saturated rings. The topological polar surface area (TPSA) is 59.2 Å². The number of methoxy groups -OCH3 is 1. The van der Waals surface area contributed by atoms with Crippen LogP contribution in [0.5, 0.6) is 5.75 Å². The normalized spacial score (nSPS) is 10.5. The number of carbonyl (C=O) groups is 1. The number of aromatic nitrogens is 1. The van der Waals surface area contributed by atoms with Crippen LogP contribution in [0.25, 0.3) is 0 Å². The molecule has 0 aliphatic heterocycles. The van der Waals surface area contributed by atoms with Crippen molar-refractivity contribution in [2.24, 2.45) is 0 Å². The van der Waals surface area contributed by atoms with Gasteiger partial charge in [0.2, 0.25) is 0 Å². The van der Waals surface area contributed by atoms with E-state index in [0.717, 1.165) is 13.3 Å². The van der Waals surface area contributed by atoms with Gasteiger partial charge in [0.05, 0.1) is 12.7 Å². The molecule has 0 bridgehead atoms. The Bertz CT molecular complexity index is 444. The van der Waals surface area contributed by atoms with Crippen LogP contribution >= 0.6 is 11.6 Å². The maximum Gasteiger partial charge on any atom is 0.268 e. The van der Waals surface area contributed by atoms with Crippen molar-refractivity contribution in [3.8, 4) is 5.75 Å². The molecule has 1 aromatic heterocycles. The summed E-state index contributed by atoms with van der Waals surface area (Å²) in [5.74, 6) is -0.492. The third-order valence-electron chi connectivity index (χ3n) is 1.71. The van der Waals surface area contributed by atoms with E-state index in [4.69, 9.17) is 11.6 Å². The number of hydrogen-bond donors (Lipinski definition) is 1. The lowest BCUT2D eigenvalue weighted by atomic mass is 10.2. The van der Waals surface area contributed by atoms with Crippen LogP contribution in [0.4, 0.5) is 8.78 Å². The van der Waals surface area contributed by atoms with Crippen molar-refractivity contribution < 1.29 is 18.3 Å². The Morgan fingerprint density at radius 2 is 2.20 bits per heavy atom. The Labute approximate surface area is 87.8 Å². The number of rotatable bonds is 3. The highest BCUT2D eigenvalue weighted by Gasteiger charge is 2.23. The molecule has 0 radical (unpaired) electrons. The van der Waals surface area contributed by atoms with Crippen LogP contribution in [-0.4, -0.2) is 17.3 Å². The number of H-pyrrole nitrogens is 1. The number of hydrogen-bond acceptors (Lipinski definition) is 3. The lowest BCUT2D eigenvalue weighted by Crippen LogP contribution is -2.17. The maximum absolute atomic E-state index is 12.4. The predicted octanol–water partition coefficient (Wildman–Crippen LogP) is 1.70. The second-order valence-electron chi connectivity index (χ2n) is 2.56. The van der Waals surface area contributed by atoms with Crippen LogP contribution in [0.3, 0.4) is 0 Å². The molecule has 7 heteroatoms. The van der Waals surface area contributed by atoms with Crippen molar-refractivity contribution in [3.05, 3.63) is 27.7 Å². The highest BCUT2D eigenvalue weighted by Crippen LogP contribution is 2.29. The Morgan fingerprint density at radius 3 is 2.60 bits per heavy atom. The third-order valence-corrected chi connectivity index (χ3v) is 1.90. The van der Waals surface area contributed by atoms with Gasteiger partial charge in [0.25, 0.3) is 17.2 Å². The molecule has 0 saturated heterocycles. The molecule has 0 amide bonds. The molecule has 0 aliphatic carbocycles. The SMILES string of the molecule is COc1c(C(F)F)c[nH]c(=O)c1C(=O)Cl. The molecule has 1 N–H and O–H groups in total. The first-order chi connectivity index (χ1) is 6.99. The van der Waals surface area contributed by atoms with Crippen molar-refractivity contribution in [3.63, 3.8) is 0 Å². The van der Waals surface area contributed by atoms with Gasteiger partial charge in [-0.25, -0.2) is 8.78 Å². The second kappa shape index (κ2) is 4.39. The van der Waals surface area contributed by atoms with Gasteiger partial charge in [-0.2, -0.15) is 0 Å². The highest BCUT2D eigenvalue weighted by molar-refractivity contribution is 6.68. The first kappa shape index (κ1) is 11.6. The van der Waals surface area contributed by atoms with E-state index in [2.05, 4.69) is 4.74 Å². The van der Waals surface area contributed by atoms with E-state index in [9.17, 15) is 18.4 Å². The van der Waals surface area contributed by atoms with Gasteiger partial charge in [-0.1, -0.05) is 0 Å². The van der Waals surface area contributed by atoms with Crippen LogP contribution in [0, 0.1) is 0 Å². The molecule has 4 nitrogen and oxygen atoms in total. The van der Waals surface area contributed by atoms with E-state index < -0.39 is 34.1 Å². The van der Waals surface area contributed by atoms with Crippen LogP contribution in [0.15, 0.2) is 11.0 Å². The Balaban J connectivity index is 3.54. The van der Waals surface area contributed by atoms with Gasteiger partial charge in [-0.15, -0.1) is 0 Å². The number of halogens is 3. The van der Waals surface area contributed by atoms with Crippen LogP contribution < -0.4 is 10.3 Å². The Hall–Kier alpha value is -1.43. The standard InChI is InChI=1S/C8H6ClF2NO3/c1-15-5-3(7(10)11)2-12-8(14)4(5)6(9)13/h2,7H,1H3,(H,12,14). The molecule has 0 unspecified atom stereocenters. The molecular weight excluding hydrogens is 232 g/mol. The second-order valence-corrected chi connectivity index (χ2v) is 2.90. The first-order valence-electron chi connectivity index (χ1n) is 3.76. The highest BCUT2D eigenvalue weighted by atomic mass is 35.5. The minimum absolute atomic E-state index is 0.492. The fourth-order valence-electron chi connectivity index (χ4n) is 1.09. The Morgan fingerprint density at radius 1 is 1.60 bits per heavy atom. The average molecular weight is 238 g/mol. The van der Waals surface area contributed by atoms with Crippen molar-refractivity contribution in [1.29, 1.82) is 0 Å². The number of aromatic amines is 1. The fraction of sp³-hybridized carbons (Fsp3) is 0.250. The summed E-state index contributed by atoms with van der Waals surface area (Å²) in [6.07, 6.45) is -2.08. The van der Waals surface area contributed by atoms with Gasteiger partial charge in [-0.05, 0) is 11.6 Å². The lowest BCUT2D eigenvalue weighted by molar-refractivity contribution is 0.107. The van der Waals surface area contributed by atoms with Crippen molar-refractivity contribution in [1.82, 2.24) is 4.98 Å². The minimum atomic E-state index is -2.87. The van der Waals surface area contributed by atoms with E-state index in [0.29, 0.717) is 0 Å². The van der Waals surface area contributed by atoms with Gasteiger partial charge < -0.3 is 9.72 Å². The predicted molar refractivity (Wildman–Crippen MR) is 48.8 cm³/mol. The first-order valence-corrected chi connectivity index (χ1v) is 4.14. The number of nitrogens with one attached hydrogen (secondary N) is 1. The summed E-state index contributed by atoms with van der Waals surface area (Å²) < 4.78 is 29.4. The monoisotopic (exact) mass is 237 g/mol. The van der Waals surface area contributed by atoms with Crippen molar-refractivity contribution >= 4 is 16.8 Å². The van der Waals surface area contributed by atoms with Gasteiger partial charge in [0, 0.05) is 6.20 Å². The molecule has 15 heavy (non-hydrogen) atoms. The molecule has 0 saturated carbocycles.